The lowest BCUT2D eigenvalue weighted by atomic mass is 10.2. The monoisotopic (exact) mass is 354 g/mol. The van der Waals surface area contributed by atoms with Gasteiger partial charge < -0.3 is 26.6 Å². The first-order chi connectivity index (χ1) is 10.5. The highest BCUT2D eigenvalue weighted by molar-refractivity contribution is 6.66. The molecule has 134 valence electrons. The Morgan fingerprint density at radius 3 is 1.41 bits per heavy atom. The molecule has 0 spiro atoms. The van der Waals surface area contributed by atoms with Crippen LogP contribution >= 0.6 is 0 Å². The van der Waals surface area contributed by atoms with Gasteiger partial charge in [-0.25, -0.2) is 0 Å². The van der Waals surface area contributed by atoms with E-state index < -0.39 is 17.6 Å². The highest BCUT2D eigenvalue weighted by atomic mass is 28.4. The molecule has 0 bridgehead atoms. The van der Waals surface area contributed by atoms with Gasteiger partial charge >= 0.3 is 17.6 Å². The van der Waals surface area contributed by atoms with Crippen molar-refractivity contribution in [3.05, 3.63) is 12.3 Å². The molecule has 0 rings (SSSR count). The van der Waals surface area contributed by atoms with Crippen LogP contribution in [0.5, 0.6) is 0 Å². The largest absolute Gasteiger partial charge is 0.528 e. The van der Waals surface area contributed by atoms with Crippen molar-refractivity contribution >= 4 is 17.6 Å². The minimum Gasteiger partial charge on any atom is -0.377 e. The molecular formula is C14H34O6Si2. The Kier molecular flexibility index (Phi) is 16.0. The fraction of sp³-hybridized carbons (Fsp3) is 0.857. The highest BCUT2D eigenvalue weighted by Crippen LogP contribution is 2.17. The van der Waals surface area contributed by atoms with Gasteiger partial charge in [0.05, 0.1) is 0 Å². The summed E-state index contributed by atoms with van der Waals surface area (Å²) in [4.78, 5) is 0. The molecule has 0 N–H and O–H groups in total. The molecule has 0 fully saturated rings. The van der Waals surface area contributed by atoms with Gasteiger partial charge in [-0.2, -0.15) is 0 Å². The van der Waals surface area contributed by atoms with E-state index >= 15 is 0 Å². The summed E-state index contributed by atoms with van der Waals surface area (Å²) in [5, 5.41) is 0. The van der Waals surface area contributed by atoms with Crippen LogP contribution in [0.1, 0.15) is 32.6 Å². The molecule has 0 aromatic heterocycles. The first-order valence-corrected chi connectivity index (χ1v) is 11.2. The van der Waals surface area contributed by atoms with Crippen molar-refractivity contribution in [2.45, 2.75) is 38.7 Å². The van der Waals surface area contributed by atoms with Crippen LogP contribution in [0.15, 0.2) is 12.3 Å². The Balaban J connectivity index is 0. The van der Waals surface area contributed by atoms with Gasteiger partial charge in [-0.15, -0.1) is 0 Å². The van der Waals surface area contributed by atoms with E-state index in [1.54, 1.807) is 48.4 Å². The third-order valence-corrected chi connectivity index (χ3v) is 8.41. The van der Waals surface area contributed by atoms with Gasteiger partial charge in [-0.3, -0.25) is 0 Å². The van der Waals surface area contributed by atoms with Crippen molar-refractivity contribution in [1.82, 2.24) is 0 Å². The second-order valence-corrected chi connectivity index (χ2v) is 10.5. The summed E-state index contributed by atoms with van der Waals surface area (Å²) in [5.41, 5.74) is 1.58. The van der Waals surface area contributed by atoms with Crippen LogP contribution < -0.4 is 0 Å². The smallest absolute Gasteiger partial charge is 0.377 e. The molecule has 0 heterocycles. The summed E-state index contributed by atoms with van der Waals surface area (Å²) >= 11 is 0. The molecule has 0 aliphatic carbocycles. The van der Waals surface area contributed by atoms with Crippen molar-refractivity contribution in [2.24, 2.45) is 0 Å². The number of rotatable bonds is 12. The Hall–Kier alpha value is -0.0662. The Morgan fingerprint density at radius 2 is 1.18 bits per heavy atom. The molecule has 0 atom stereocenters. The molecule has 0 amide bonds. The summed E-state index contributed by atoms with van der Waals surface area (Å²) < 4.78 is 30.8. The zero-order valence-electron chi connectivity index (χ0n) is 15.3. The molecule has 0 aliphatic rings. The van der Waals surface area contributed by atoms with E-state index in [1.807, 2.05) is 0 Å². The van der Waals surface area contributed by atoms with E-state index in [0.717, 1.165) is 12.5 Å². The molecule has 8 heteroatoms. The van der Waals surface area contributed by atoms with Gasteiger partial charge in [-0.1, -0.05) is 32.8 Å². The summed E-state index contributed by atoms with van der Waals surface area (Å²) in [6, 6.07) is 0.927. The van der Waals surface area contributed by atoms with Crippen LogP contribution in [-0.4, -0.2) is 60.3 Å². The lowest BCUT2D eigenvalue weighted by Crippen LogP contribution is -2.42. The third-order valence-electron chi connectivity index (χ3n) is 3.37. The summed E-state index contributed by atoms with van der Waals surface area (Å²) in [6.07, 6.45) is 4.90. The predicted molar refractivity (Wildman–Crippen MR) is 92.7 cm³/mol. The van der Waals surface area contributed by atoms with Crippen molar-refractivity contribution < 1.29 is 26.6 Å². The molecule has 6 nitrogen and oxygen atoms in total. The van der Waals surface area contributed by atoms with Gasteiger partial charge in [0.25, 0.3) is 0 Å². The van der Waals surface area contributed by atoms with Crippen LogP contribution in [0.2, 0.25) is 6.04 Å². The Labute approximate surface area is 138 Å². The summed E-state index contributed by atoms with van der Waals surface area (Å²) in [7, 11) is 4.93. The zero-order chi connectivity index (χ0) is 17.5. The van der Waals surface area contributed by atoms with Crippen molar-refractivity contribution in [2.75, 3.05) is 42.7 Å². The quantitative estimate of drug-likeness (QED) is 0.397. The molecule has 0 unspecified atom stereocenters. The van der Waals surface area contributed by atoms with Crippen molar-refractivity contribution in [1.29, 1.82) is 0 Å². The maximum absolute atomic E-state index is 5.31. The average Bonchev–Trinajstić information content (AvgIpc) is 2.59. The fourth-order valence-corrected chi connectivity index (χ4v) is 4.62. The van der Waals surface area contributed by atoms with Crippen molar-refractivity contribution in [3.8, 4) is 0 Å². The third kappa shape index (κ3) is 9.16. The SMILES string of the molecule is C=C[Si](OC)(OC)OC.CCCCCC[Si](OC)(OC)OC. The van der Waals surface area contributed by atoms with Gasteiger partial charge in [0.2, 0.25) is 0 Å². The van der Waals surface area contributed by atoms with Crippen LogP contribution in [0, 0.1) is 0 Å². The van der Waals surface area contributed by atoms with Crippen LogP contribution in [0.4, 0.5) is 0 Å². The van der Waals surface area contributed by atoms with Crippen molar-refractivity contribution in [3.63, 3.8) is 0 Å². The number of hydrogen-bond donors (Lipinski definition) is 0. The van der Waals surface area contributed by atoms with Gasteiger partial charge in [-0.05, 0) is 12.1 Å². The first-order valence-electron chi connectivity index (χ1n) is 7.43. The second kappa shape index (κ2) is 14.5. The van der Waals surface area contributed by atoms with E-state index in [1.165, 1.54) is 19.3 Å². The van der Waals surface area contributed by atoms with E-state index in [0.29, 0.717) is 0 Å². The standard InChI is InChI=1S/C9H22O3Si.C5H12O3Si/c1-5-6-7-8-9-13(10-2,11-3)12-4;1-5-9(6-2,7-3)8-4/h5-9H2,1-4H3;5H,1H2,2-4H3. The van der Waals surface area contributed by atoms with Crippen LogP contribution in [-0.2, 0) is 26.6 Å². The van der Waals surface area contributed by atoms with Gasteiger partial charge in [0.15, 0.2) is 0 Å². The topological polar surface area (TPSA) is 55.4 Å². The highest BCUT2D eigenvalue weighted by Gasteiger charge is 2.36. The van der Waals surface area contributed by atoms with Gasteiger partial charge in [0.1, 0.15) is 0 Å². The normalized spacial score (nSPS) is 11.8. The molecule has 0 radical (unpaired) electrons. The molecule has 22 heavy (non-hydrogen) atoms. The Morgan fingerprint density at radius 1 is 0.727 bits per heavy atom. The number of hydrogen-bond acceptors (Lipinski definition) is 6. The van der Waals surface area contributed by atoms with E-state index in [2.05, 4.69) is 13.5 Å². The van der Waals surface area contributed by atoms with E-state index in [9.17, 15) is 0 Å². The number of unbranched alkanes of at least 4 members (excludes halogenated alkanes) is 3. The molecule has 0 aliphatic heterocycles. The molecule has 0 saturated carbocycles. The molecular weight excluding hydrogens is 320 g/mol. The van der Waals surface area contributed by atoms with Gasteiger partial charge in [0, 0.05) is 48.7 Å². The summed E-state index contributed by atoms with van der Waals surface area (Å²) in [6.45, 7) is 5.73. The minimum atomic E-state index is -2.43. The zero-order valence-corrected chi connectivity index (χ0v) is 17.3. The lowest BCUT2D eigenvalue weighted by molar-refractivity contribution is 0.122. The summed E-state index contributed by atoms with van der Waals surface area (Å²) in [5.74, 6) is 0. The first kappa shape index (κ1) is 24.2. The fourth-order valence-electron chi connectivity index (χ4n) is 1.82. The maximum atomic E-state index is 5.31. The molecule has 0 aromatic rings. The lowest BCUT2D eigenvalue weighted by Gasteiger charge is -2.24. The second-order valence-electron chi connectivity index (χ2n) is 4.53. The maximum Gasteiger partial charge on any atom is 0.528 e. The van der Waals surface area contributed by atoms with Crippen LogP contribution in [0.25, 0.3) is 0 Å². The molecule has 0 aromatic carbocycles. The van der Waals surface area contributed by atoms with E-state index in [-0.39, 0.29) is 0 Å². The van der Waals surface area contributed by atoms with E-state index in [4.69, 9.17) is 26.6 Å². The van der Waals surface area contributed by atoms with Crippen LogP contribution in [0.3, 0.4) is 0 Å². The average molecular weight is 355 g/mol. The molecule has 0 saturated heterocycles. The predicted octanol–water partition coefficient (Wildman–Crippen LogP) is 3.03. The Bertz CT molecular complexity index is 241. The minimum absolute atomic E-state index is 0.927.